The van der Waals surface area contributed by atoms with Crippen molar-refractivity contribution in [3.8, 4) is 5.19 Å². The molecule has 2 fully saturated rings. The SMILES string of the molecule is O=C(CCc1ccc(Cl)cc1Cl)N1CCC(N2CCC(Oc3nccs3)CC2)CC1. The van der Waals surface area contributed by atoms with Crippen molar-refractivity contribution < 1.29 is 9.53 Å². The summed E-state index contributed by atoms with van der Waals surface area (Å²) < 4.78 is 5.97. The van der Waals surface area contributed by atoms with Crippen LogP contribution >= 0.6 is 34.5 Å². The summed E-state index contributed by atoms with van der Waals surface area (Å²) in [5.74, 6) is 0.218. The minimum atomic E-state index is 0.218. The maximum Gasteiger partial charge on any atom is 0.273 e. The van der Waals surface area contributed by atoms with Crippen LogP contribution in [0.2, 0.25) is 10.0 Å². The van der Waals surface area contributed by atoms with Crippen LogP contribution in [0.1, 0.15) is 37.7 Å². The van der Waals surface area contributed by atoms with Crippen molar-refractivity contribution in [2.45, 2.75) is 50.7 Å². The lowest BCUT2D eigenvalue weighted by Gasteiger charge is -2.41. The first-order valence-electron chi connectivity index (χ1n) is 10.6. The van der Waals surface area contributed by atoms with Crippen molar-refractivity contribution in [2.75, 3.05) is 26.2 Å². The van der Waals surface area contributed by atoms with Gasteiger partial charge in [-0.25, -0.2) is 4.98 Å². The molecule has 0 radical (unpaired) electrons. The molecular formula is C22H27Cl2N3O2S. The van der Waals surface area contributed by atoms with Gasteiger partial charge in [-0.05, 0) is 49.8 Å². The number of aromatic nitrogens is 1. The van der Waals surface area contributed by atoms with Crippen molar-refractivity contribution in [1.82, 2.24) is 14.8 Å². The molecule has 30 heavy (non-hydrogen) atoms. The maximum atomic E-state index is 12.6. The number of aryl methyl sites for hydroxylation is 1. The van der Waals surface area contributed by atoms with Crippen LogP contribution in [0.4, 0.5) is 0 Å². The Morgan fingerprint density at radius 1 is 1.13 bits per heavy atom. The second kappa shape index (κ2) is 10.3. The summed E-state index contributed by atoms with van der Waals surface area (Å²) in [5, 5.41) is 3.98. The van der Waals surface area contributed by atoms with E-state index in [0.717, 1.165) is 62.6 Å². The molecule has 0 saturated carbocycles. The van der Waals surface area contributed by atoms with Crippen LogP contribution in [0.3, 0.4) is 0 Å². The van der Waals surface area contributed by atoms with Crippen molar-refractivity contribution in [3.63, 3.8) is 0 Å². The van der Waals surface area contributed by atoms with Crippen LogP contribution in [-0.4, -0.2) is 59.0 Å². The number of halogens is 2. The Morgan fingerprint density at radius 3 is 2.57 bits per heavy atom. The molecule has 1 aromatic heterocycles. The number of hydrogen-bond donors (Lipinski definition) is 0. The molecule has 3 heterocycles. The first kappa shape index (κ1) is 21.9. The molecule has 0 bridgehead atoms. The highest BCUT2D eigenvalue weighted by atomic mass is 35.5. The van der Waals surface area contributed by atoms with Gasteiger partial charge >= 0.3 is 0 Å². The van der Waals surface area contributed by atoms with Gasteiger partial charge in [0.1, 0.15) is 6.10 Å². The Balaban J connectivity index is 1.18. The van der Waals surface area contributed by atoms with Gasteiger partial charge < -0.3 is 9.64 Å². The van der Waals surface area contributed by atoms with Gasteiger partial charge in [0.2, 0.25) is 5.91 Å². The third kappa shape index (κ3) is 5.67. The molecule has 8 heteroatoms. The fraction of sp³-hybridized carbons (Fsp3) is 0.545. The van der Waals surface area contributed by atoms with E-state index in [0.29, 0.717) is 28.9 Å². The van der Waals surface area contributed by atoms with E-state index in [4.69, 9.17) is 27.9 Å². The number of amides is 1. The van der Waals surface area contributed by atoms with Crippen LogP contribution < -0.4 is 4.74 Å². The molecule has 2 aromatic rings. The Morgan fingerprint density at radius 2 is 1.90 bits per heavy atom. The number of thiazole rings is 1. The van der Waals surface area contributed by atoms with Gasteiger partial charge in [-0.2, -0.15) is 0 Å². The lowest BCUT2D eigenvalue weighted by molar-refractivity contribution is -0.132. The highest BCUT2D eigenvalue weighted by Crippen LogP contribution is 2.26. The lowest BCUT2D eigenvalue weighted by atomic mass is 9.98. The number of piperidine rings is 2. The van der Waals surface area contributed by atoms with Gasteiger partial charge in [0.05, 0.1) is 0 Å². The summed E-state index contributed by atoms with van der Waals surface area (Å²) in [6.07, 6.45) is 7.38. The molecule has 0 N–H and O–H groups in total. The molecule has 1 aromatic carbocycles. The number of benzene rings is 1. The zero-order valence-corrected chi connectivity index (χ0v) is 19.3. The maximum absolute atomic E-state index is 12.6. The number of rotatable bonds is 6. The summed E-state index contributed by atoms with van der Waals surface area (Å²) >= 11 is 13.7. The topological polar surface area (TPSA) is 45.7 Å². The lowest BCUT2D eigenvalue weighted by Crippen LogP contribution is -2.50. The van der Waals surface area contributed by atoms with Gasteiger partial charge in [0.15, 0.2) is 0 Å². The van der Waals surface area contributed by atoms with E-state index in [1.54, 1.807) is 23.6 Å². The van der Waals surface area contributed by atoms with Gasteiger partial charge in [0, 0.05) is 60.3 Å². The Labute approximate surface area is 191 Å². The van der Waals surface area contributed by atoms with E-state index in [2.05, 4.69) is 9.88 Å². The molecule has 1 amide bonds. The van der Waals surface area contributed by atoms with Crippen LogP contribution in [0, 0.1) is 0 Å². The second-order valence-corrected chi connectivity index (χ2v) is 9.70. The number of nitrogens with zero attached hydrogens (tertiary/aromatic N) is 3. The van der Waals surface area contributed by atoms with Crippen molar-refractivity contribution >= 4 is 40.4 Å². The third-order valence-electron chi connectivity index (χ3n) is 6.11. The molecule has 5 nitrogen and oxygen atoms in total. The first-order chi connectivity index (χ1) is 14.6. The van der Waals surface area contributed by atoms with E-state index in [-0.39, 0.29) is 12.0 Å². The highest BCUT2D eigenvalue weighted by molar-refractivity contribution is 7.11. The fourth-order valence-corrected chi connectivity index (χ4v) is 5.43. The molecule has 2 saturated heterocycles. The quantitative estimate of drug-likeness (QED) is 0.604. The zero-order valence-electron chi connectivity index (χ0n) is 16.9. The minimum Gasteiger partial charge on any atom is -0.467 e. The third-order valence-corrected chi connectivity index (χ3v) is 7.36. The highest BCUT2D eigenvalue weighted by Gasteiger charge is 2.30. The molecule has 0 atom stereocenters. The predicted octanol–water partition coefficient (Wildman–Crippen LogP) is 4.92. The number of likely N-dealkylation sites (tertiary alicyclic amines) is 2. The Bertz CT molecular complexity index is 833. The van der Waals surface area contributed by atoms with E-state index in [1.165, 1.54) is 0 Å². The number of ether oxygens (including phenoxy) is 1. The summed E-state index contributed by atoms with van der Waals surface area (Å²) in [4.78, 5) is 21.5. The van der Waals surface area contributed by atoms with Crippen LogP contribution in [-0.2, 0) is 11.2 Å². The molecule has 2 aliphatic heterocycles. The fourth-order valence-electron chi connectivity index (χ4n) is 4.37. The van der Waals surface area contributed by atoms with Crippen molar-refractivity contribution in [1.29, 1.82) is 0 Å². The van der Waals surface area contributed by atoms with Crippen LogP contribution in [0.5, 0.6) is 5.19 Å². The molecule has 0 spiro atoms. The smallest absolute Gasteiger partial charge is 0.273 e. The van der Waals surface area contributed by atoms with Crippen LogP contribution in [0.25, 0.3) is 0 Å². The summed E-state index contributed by atoms with van der Waals surface area (Å²) in [6.45, 7) is 3.80. The standard InChI is InChI=1S/C22H27Cl2N3O2S/c23-17-3-1-16(20(24)15-17)2-4-21(28)27-10-5-18(6-11-27)26-12-7-19(8-13-26)29-22-25-9-14-30-22/h1,3,9,14-15,18-19H,2,4-8,10-13H2. The largest absolute Gasteiger partial charge is 0.467 e. The minimum absolute atomic E-state index is 0.218. The average molecular weight is 468 g/mol. The second-order valence-electron chi connectivity index (χ2n) is 8.00. The van der Waals surface area contributed by atoms with E-state index in [1.807, 2.05) is 22.4 Å². The normalized spacial score (nSPS) is 19.2. The van der Waals surface area contributed by atoms with Gasteiger partial charge in [0.25, 0.3) is 5.19 Å². The molecule has 4 rings (SSSR count). The monoisotopic (exact) mass is 467 g/mol. The molecule has 162 valence electrons. The summed E-state index contributed by atoms with van der Waals surface area (Å²) in [6, 6.07) is 6.04. The molecule has 2 aliphatic rings. The zero-order chi connectivity index (χ0) is 20.9. The van der Waals surface area contributed by atoms with Gasteiger partial charge in [-0.3, -0.25) is 9.69 Å². The van der Waals surface area contributed by atoms with Gasteiger partial charge in [-0.15, -0.1) is 0 Å². The van der Waals surface area contributed by atoms with Crippen molar-refractivity contribution in [3.05, 3.63) is 45.4 Å². The van der Waals surface area contributed by atoms with E-state index < -0.39 is 0 Å². The number of hydrogen-bond acceptors (Lipinski definition) is 5. The molecule has 0 unspecified atom stereocenters. The Hall–Kier alpha value is -1.34. The Kier molecular flexibility index (Phi) is 7.52. The summed E-state index contributed by atoms with van der Waals surface area (Å²) in [7, 11) is 0. The van der Waals surface area contributed by atoms with E-state index in [9.17, 15) is 4.79 Å². The van der Waals surface area contributed by atoms with E-state index >= 15 is 0 Å². The predicted molar refractivity (Wildman–Crippen MR) is 122 cm³/mol. The van der Waals surface area contributed by atoms with Crippen molar-refractivity contribution in [2.24, 2.45) is 0 Å². The average Bonchev–Trinajstić information content (AvgIpc) is 3.27. The van der Waals surface area contributed by atoms with Gasteiger partial charge in [-0.1, -0.05) is 40.6 Å². The number of carbonyl (C=O) groups excluding carboxylic acids is 1. The first-order valence-corrected chi connectivity index (χ1v) is 12.2. The summed E-state index contributed by atoms with van der Waals surface area (Å²) in [5.41, 5.74) is 0.979. The number of carbonyl (C=O) groups is 1. The molecule has 0 aliphatic carbocycles. The molecular weight excluding hydrogens is 441 g/mol. The van der Waals surface area contributed by atoms with Crippen LogP contribution in [0.15, 0.2) is 29.8 Å².